The van der Waals surface area contributed by atoms with E-state index in [2.05, 4.69) is 246 Å². The van der Waals surface area contributed by atoms with E-state index in [9.17, 15) is 0 Å². The molecule has 1 heteroatoms. The molecule has 9 rings (SSSR count). The lowest BCUT2D eigenvalue weighted by atomic mass is 9.74. The van der Waals surface area contributed by atoms with Gasteiger partial charge in [0.1, 0.15) is 0 Å². The van der Waals surface area contributed by atoms with Crippen LogP contribution in [0, 0.1) is 6.92 Å². The summed E-state index contributed by atoms with van der Waals surface area (Å²) in [6.07, 6.45) is 8.18. The second-order valence-electron chi connectivity index (χ2n) is 21.5. The van der Waals surface area contributed by atoms with Gasteiger partial charge in [0.15, 0.2) is 0 Å². The highest BCUT2D eigenvalue weighted by Gasteiger charge is 2.40. The molecule has 7 aromatic rings. The molecule has 0 aromatic heterocycles. The molecule has 0 bridgehead atoms. The second-order valence-corrected chi connectivity index (χ2v) is 21.5. The fourth-order valence-corrected chi connectivity index (χ4v) is 10.9. The smallest absolute Gasteiger partial charge is 0.0461 e. The zero-order valence-electron chi connectivity index (χ0n) is 40.2. The minimum atomic E-state index is -0.124. The first-order valence-electron chi connectivity index (χ1n) is 23.3. The van der Waals surface area contributed by atoms with Crippen molar-refractivity contribution >= 4 is 17.8 Å². The summed E-state index contributed by atoms with van der Waals surface area (Å²) < 4.78 is 0. The van der Waals surface area contributed by atoms with Gasteiger partial charge in [0.05, 0.1) is 0 Å². The van der Waals surface area contributed by atoms with Gasteiger partial charge in [-0.2, -0.15) is 0 Å². The van der Waals surface area contributed by atoms with E-state index in [4.69, 9.17) is 0 Å². The van der Waals surface area contributed by atoms with E-state index in [0.717, 1.165) is 17.8 Å². The average Bonchev–Trinajstić information content (AvgIpc) is 3.64. The molecule has 0 aliphatic heterocycles. The van der Waals surface area contributed by atoms with Crippen LogP contribution in [0.4, 0.5) is 5.69 Å². The van der Waals surface area contributed by atoms with E-state index in [1.165, 1.54) is 100 Å². The zero-order valence-corrected chi connectivity index (χ0v) is 40.2. The summed E-state index contributed by atoms with van der Waals surface area (Å²) in [5.74, 6) is 0. The van der Waals surface area contributed by atoms with Crippen molar-refractivity contribution in [3.05, 3.63) is 207 Å². The van der Waals surface area contributed by atoms with E-state index < -0.39 is 0 Å². The van der Waals surface area contributed by atoms with Crippen LogP contribution in [0.15, 0.2) is 151 Å². The standard InChI is InChI=1S/C63H65N/c1-40(64-57-35-34-44(42-24-15-13-16-25-42)37-49(57)43-26-17-14-18-27-43)36-50-46(59-48-29-20-22-33-52(48)63(11,12)56(59)39-54(50)61(6,7)8)31-23-30-45-41(2)58-47-28-19-21-32-51(47)62(9,10)55(58)38-53(45)60(3,4)5/h13-30,32-39,64H,31H2,1-12H3. The first kappa shape index (κ1) is 43.1. The lowest BCUT2D eigenvalue weighted by Gasteiger charge is -2.30. The second kappa shape index (κ2) is 15.8. The summed E-state index contributed by atoms with van der Waals surface area (Å²) in [4.78, 5) is 0. The molecule has 0 radical (unpaired) electrons. The van der Waals surface area contributed by atoms with Gasteiger partial charge in [-0.1, -0.05) is 209 Å². The van der Waals surface area contributed by atoms with Gasteiger partial charge in [0.2, 0.25) is 0 Å². The maximum absolute atomic E-state index is 3.94. The van der Waals surface area contributed by atoms with E-state index in [0.29, 0.717) is 0 Å². The van der Waals surface area contributed by atoms with Gasteiger partial charge in [-0.3, -0.25) is 0 Å². The quantitative estimate of drug-likeness (QED) is 0.161. The van der Waals surface area contributed by atoms with E-state index in [1.807, 2.05) is 0 Å². The molecule has 0 saturated heterocycles. The molecular weight excluding hydrogens is 771 g/mol. The Morgan fingerprint density at radius 2 is 1.02 bits per heavy atom. The molecule has 0 atom stereocenters. The zero-order chi connectivity index (χ0) is 45.3. The maximum Gasteiger partial charge on any atom is 0.0461 e. The topological polar surface area (TPSA) is 12.0 Å². The molecule has 0 spiro atoms. The number of allylic oxidation sites excluding steroid dienone is 2. The number of rotatable bonds is 8. The Morgan fingerprint density at radius 3 is 1.59 bits per heavy atom. The van der Waals surface area contributed by atoms with Crippen LogP contribution in [-0.4, -0.2) is 0 Å². The monoisotopic (exact) mass is 836 g/mol. The summed E-state index contributed by atoms with van der Waals surface area (Å²) in [6, 6.07) is 51.6. The summed E-state index contributed by atoms with van der Waals surface area (Å²) in [7, 11) is 0. The molecular formula is C63H65N. The first-order valence-corrected chi connectivity index (χ1v) is 23.3. The third kappa shape index (κ3) is 7.37. The SMILES string of the molecule is CC(=Cc1c(C(C)(C)C)cc2c(c1CC=Cc1c(C(C)(C)C)cc3c(c1C)-c1ccccc1C3(C)C)-c1ccccc1C2(C)C)Nc1ccc(-c2ccccc2)cc1-c1ccccc1. The lowest BCUT2D eigenvalue weighted by molar-refractivity contribution is 0.582. The van der Waals surface area contributed by atoms with Gasteiger partial charge in [-0.25, -0.2) is 0 Å². The normalized spacial score (nSPS) is 14.9. The number of hydrogen-bond acceptors (Lipinski definition) is 1. The highest BCUT2D eigenvalue weighted by molar-refractivity contribution is 5.90. The average molecular weight is 836 g/mol. The molecule has 7 aromatic carbocycles. The Kier molecular flexibility index (Phi) is 10.6. The third-order valence-corrected chi connectivity index (χ3v) is 14.3. The van der Waals surface area contributed by atoms with Crippen LogP contribution < -0.4 is 5.32 Å². The predicted molar refractivity (Wildman–Crippen MR) is 277 cm³/mol. The van der Waals surface area contributed by atoms with Crippen molar-refractivity contribution in [2.45, 2.75) is 111 Å². The Bertz CT molecular complexity index is 2990. The van der Waals surface area contributed by atoms with Crippen molar-refractivity contribution in [2.24, 2.45) is 0 Å². The van der Waals surface area contributed by atoms with Crippen LogP contribution in [0.2, 0.25) is 0 Å². The summed E-state index contributed by atoms with van der Waals surface area (Å²) in [6.45, 7) is 28.5. The van der Waals surface area contributed by atoms with Crippen molar-refractivity contribution in [3.8, 4) is 44.5 Å². The van der Waals surface area contributed by atoms with E-state index >= 15 is 0 Å². The van der Waals surface area contributed by atoms with Crippen LogP contribution in [0.1, 0.15) is 132 Å². The van der Waals surface area contributed by atoms with E-state index in [1.54, 1.807) is 0 Å². The number of nitrogens with one attached hydrogen (secondary N) is 1. The van der Waals surface area contributed by atoms with Gasteiger partial charge >= 0.3 is 0 Å². The molecule has 0 heterocycles. The van der Waals surface area contributed by atoms with Crippen LogP contribution in [0.3, 0.4) is 0 Å². The summed E-state index contributed by atoms with van der Waals surface area (Å²) >= 11 is 0. The number of anilines is 1. The van der Waals surface area contributed by atoms with Crippen molar-refractivity contribution in [1.29, 1.82) is 0 Å². The molecule has 2 aliphatic carbocycles. The third-order valence-electron chi connectivity index (χ3n) is 14.3. The Balaban J connectivity index is 1.22. The van der Waals surface area contributed by atoms with Crippen LogP contribution in [0.25, 0.3) is 56.7 Å². The van der Waals surface area contributed by atoms with Crippen LogP contribution >= 0.6 is 0 Å². The molecule has 1 nitrogen and oxygen atoms in total. The fourth-order valence-electron chi connectivity index (χ4n) is 10.9. The summed E-state index contributed by atoms with van der Waals surface area (Å²) in [5, 5.41) is 3.94. The van der Waals surface area contributed by atoms with Crippen LogP contribution in [0.5, 0.6) is 0 Å². The molecule has 322 valence electrons. The highest BCUT2D eigenvalue weighted by Crippen LogP contribution is 2.54. The van der Waals surface area contributed by atoms with Gasteiger partial charge in [0, 0.05) is 27.8 Å². The van der Waals surface area contributed by atoms with Gasteiger partial charge in [0.25, 0.3) is 0 Å². The Morgan fingerprint density at radius 1 is 0.516 bits per heavy atom. The van der Waals surface area contributed by atoms with Gasteiger partial charge in [-0.05, 0) is 144 Å². The summed E-state index contributed by atoms with van der Waals surface area (Å²) in [5.41, 5.74) is 26.2. The molecule has 2 aliphatic rings. The number of fused-ring (bicyclic) bond motifs is 6. The lowest BCUT2D eigenvalue weighted by Crippen LogP contribution is -2.20. The van der Waals surface area contributed by atoms with Gasteiger partial charge in [-0.15, -0.1) is 0 Å². The molecule has 0 saturated carbocycles. The van der Waals surface area contributed by atoms with Crippen LogP contribution in [-0.2, 0) is 28.1 Å². The molecule has 0 fully saturated rings. The molecule has 0 unspecified atom stereocenters. The minimum Gasteiger partial charge on any atom is -0.359 e. The van der Waals surface area contributed by atoms with Crippen molar-refractivity contribution in [1.82, 2.24) is 0 Å². The van der Waals surface area contributed by atoms with Crippen molar-refractivity contribution in [2.75, 3.05) is 5.32 Å². The minimum absolute atomic E-state index is 0.0325. The van der Waals surface area contributed by atoms with E-state index in [-0.39, 0.29) is 21.7 Å². The molecule has 64 heavy (non-hydrogen) atoms. The molecule has 0 amide bonds. The largest absolute Gasteiger partial charge is 0.359 e. The predicted octanol–water partition coefficient (Wildman–Crippen LogP) is 17.3. The van der Waals surface area contributed by atoms with Gasteiger partial charge < -0.3 is 5.32 Å². The Labute approximate surface area is 384 Å². The number of hydrogen-bond donors (Lipinski definition) is 1. The Hall–Kier alpha value is -6.18. The van der Waals surface area contributed by atoms with Crippen molar-refractivity contribution in [3.63, 3.8) is 0 Å². The molecule has 1 N–H and O–H groups in total. The first-order chi connectivity index (χ1) is 30.4. The van der Waals surface area contributed by atoms with Crippen molar-refractivity contribution < 1.29 is 0 Å². The highest BCUT2D eigenvalue weighted by atomic mass is 14.9. The number of benzene rings is 7. The fraction of sp³-hybridized carbons (Fsp3) is 0.270. The maximum atomic E-state index is 3.94.